The summed E-state index contributed by atoms with van der Waals surface area (Å²) in [7, 11) is 0. The Morgan fingerprint density at radius 1 is 1.50 bits per heavy atom. The van der Waals surface area contributed by atoms with Crippen LogP contribution >= 0.6 is 0 Å². The second kappa shape index (κ2) is 7.66. The topological polar surface area (TPSA) is 41.1 Å². The summed E-state index contributed by atoms with van der Waals surface area (Å²) < 4.78 is 0. The predicted octanol–water partition coefficient (Wildman–Crippen LogP) is 2.07. The molecule has 1 heterocycles. The van der Waals surface area contributed by atoms with E-state index in [2.05, 4.69) is 24.5 Å². The van der Waals surface area contributed by atoms with E-state index >= 15 is 0 Å². The van der Waals surface area contributed by atoms with Gasteiger partial charge in [-0.3, -0.25) is 4.79 Å². The van der Waals surface area contributed by atoms with Crippen molar-refractivity contribution >= 4 is 5.91 Å². The number of carbonyl (C=O) groups is 1. The summed E-state index contributed by atoms with van der Waals surface area (Å²) in [4.78, 5) is 11.8. The van der Waals surface area contributed by atoms with Gasteiger partial charge in [-0.1, -0.05) is 20.3 Å². The SMILES string of the molecule is CCCC(CC)NC(=O)CC1CCCNC1. The number of carbonyl (C=O) groups excluding carboxylic acids is 1. The molecule has 3 nitrogen and oxygen atoms in total. The Bertz CT molecular complexity index is 191. The van der Waals surface area contributed by atoms with E-state index in [4.69, 9.17) is 0 Å². The van der Waals surface area contributed by atoms with Crippen LogP contribution in [0.25, 0.3) is 0 Å². The summed E-state index contributed by atoms with van der Waals surface area (Å²) in [6.07, 6.45) is 6.40. The molecule has 0 saturated carbocycles. The van der Waals surface area contributed by atoms with Crippen LogP contribution in [0.3, 0.4) is 0 Å². The fourth-order valence-corrected chi connectivity index (χ4v) is 2.37. The summed E-state index contributed by atoms with van der Waals surface area (Å²) >= 11 is 0. The van der Waals surface area contributed by atoms with E-state index in [-0.39, 0.29) is 5.91 Å². The highest BCUT2D eigenvalue weighted by molar-refractivity contribution is 5.76. The summed E-state index contributed by atoms with van der Waals surface area (Å²) in [5.74, 6) is 0.793. The average Bonchev–Trinajstić information content (AvgIpc) is 2.29. The van der Waals surface area contributed by atoms with Gasteiger partial charge in [-0.15, -0.1) is 0 Å². The molecule has 1 aliphatic heterocycles. The van der Waals surface area contributed by atoms with Crippen molar-refractivity contribution in [1.29, 1.82) is 0 Å². The molecule has 2 N–H and O–H groups in total. The highest BCUT2D eigenvalue weighted by Crippen LogP contribution is 2.14. The van der Waals surface area contributed by atoms with Gasteiger partial charge in [0.05, 0.1) is 0 Å². The van der Waals surface area contributed by atoms with Crippen LogP contribution in [0.5, 0.6) is 0 Å². The van der Waals surface area contributed by atoms with Gasteiger partial charge in [-0.05, 0) is 44.7 Å². The molecule has 0 aliphatic carbocycles. The second-order valence-electron chi connectivity index (χ2n) is 4.88. The minimum atomic E-state index is 0.244. The molecular weight excluding hydrogens is 200 g/mol. The summed E-state index contributed by atoms with van der Waals surface area (Å²) in [6, 6.07) is 0.383. The van der Waals surface area contributed by atoms with Gasteiger partial charge in [-0.2, -0.15) is 0 Å². The summed E-state index contributed by atoms with van der Waals surface area (Å²) in [6.45, 7) is 6.44. The van der Waals surface area contributed by atoms with E-state index in [0.29, 0.717) is 18.4 Å². The van der Waals surface area contributed by atoms with Crippen molar-refractivity contribution in [2.24, 2.45) is 5.92 Å². The fraction of sp³-hybridized carbons (Fsp3) is 0.923. The normalized spacial score (nSPS) is 22.8. The molecule has 0 bridgehead atoms. The Hall–Kier alpha value is -0.570. The minimum Gasteiger partial charge on any atom is -0.353 e. The Labute approximate surface area is 99.4 Å². The molecule has 1 fully saturated rings. The summed E-state index contributed by atoms with van der Waals surface area (Å²) in [5, 5.41) is 6.50. The first-order valence-electron chi connectivity index (χ1n) is 6.76. The monoisotopic (exact) mass is 226 g/mol. The lowest BCUT2D eigenvalue weighted by molar-refractivity contribution is -0.122. The van der Waals surface area contributed by atoms with E-state index in [9.17, 15) is 4.79 Å². The number of hydrogen-bond acceptors (Lipinski definition) is 2. The van der Waals surface area contributed by atoms with Gasteiger partial charge in [0.2, 0.25) is 5.91 Å². The van der Waals surface area contributed by atoms with Crippen molar-refractivity contribution in [2.75, 3.05) is 13.1 Å². The molecule has 1 amide bonds. The molecular formula is C13H26N2O. The van der Waals surface area contributed by atoms with Gasteiger partial charge in [0.1, 0.15) is 0 Å². The highest BCUT2D eigenvalue weighted by Gasteiger charge is 2.18. The molecule has 2 unspecified atom stereocenters. The molecule has 16 heavy (non-hydrogen) atoms. The molecule has 1 aliphatic rings. The Kier molecular flexibility index (Phi) is 6.46. The van der Waals surface area contributed by atoms with Crippen molar-refractivity contribution in [1.82, 2.24) is 10.6 Å². The van der Waals surface area contributed by atoms with E-state index in [1.807, 2.05) is 0 Å². The van der Waals surface area contributed by atoms with Crippen LogP contribution in [-0.4, -0.2) is 25.0 Å². The second-order valence-corrected chi connectivity index (χ2v) is 4.88. The van der Waals surface area contributed by atoms with Gasteiger partial charge in [0.25, 0.3) is 0 Å². The summed E-state index contributed by atoms with van der Waals surface area (Å²) in [5.41, 5.74) is 0. The van der Waals surface area contributed by atoms with Crippen LogP contribution in [0.2, 0.25) is 0 Å². The van der Waals surface area contributed by atoms with Crippen LogP contribution < -0.4 is 10.6 Å². The molecule has 1 saturated heterocycles. The third-order valence-electron chi connectivity index (χ3n) is 3.37. The molecule has 1 rings (SSSR count). The molecule has 0 radical (unpaired) electrons. The standard InChI is InChI=1S/C13H26N2O/c1-3-6-12(4-2)15-13(16)9-11-7-5-8-14-10-11/h11-12,14H,3-10H2,1-2H3,(H,15,16). The Morgan fingerprint density at radius 3 is 2.88 bits per heavy atom. The lowest BCUT2D eigenvalue weighted by Gasteiger charge is -2.23. The zero-order valence-corrected chi connectivity index (χ0v) is 10.7. The maximum atomic E-state index is 11.8. The predicted molar refractivity (Wildman–Crippen MR) is 67.3 cm³/mol. The third kappa shape index (κ3) is 4.97. The smallest absolute Gasteiger partial charge is 0.220 e. The molecule has 0 spiro atoms. The highest BCUT2D eigenvalue weighted by atomic mass is 16.1. The first-order chi connectivity index (χ1) is 7.76. The number of nitrogens with one attached hydrogen (secondary N) is 2. The molecule has 0 aromatic rings. The van der Waals surface area contributed by atoms with E-state index in [1.165, 1.54) is 12.8 Å². The maximum Gasteiger partial charge on any atom is 0.220 e. The lowest BCUT2D eigenvalue weighted by Crippen LogP contribution is -2.38. The van der Waals surface area contributed by atoms with E-state index in [1.54, 1.807) is 0 Å². The van der Waals surface area contributed by atoms with E-state index in [0.717, 1.165) is 32.4 Å². The molecule has 3 heteroatoms. The van der Waals surface area contributed by atoms with Crippen molar-refractivity contribution in [2.45, 2.75) is 58.4 Å². The Morgan fingerprint density at radius 2 is 2.31 bits per heavy atom. The van der Waals surface area contributed by atoms with Crippen LogP contribution in [0.15, 0.2) is 0 Å². The minimum absolute atomic E-state index is 0.244. The van der Waals surface area contributed by atoms with Crippen molar-refractivity contribution in [3.8, 4) is 0 Å². The maximum absolute atomic E-state index is 11.8. The number of hydrogen-bond donors (Lipinski definition) is 2. The zero-order valence-electron chi connectivity index (χ0n) is 10.7. The quantitative estimate of drug-likeness (QED) is 0.728. The van der Waals surface area contributed by atoms with Crippen molar-refractivity contribution in [3.05, 3.63) is 0 Å². The van der Waals surface area contributed by atoms with Gasteiger partial charge in [0.15, 0.2) is 0 Å². The van der Waals surface area contributed by atoms with Gasteiger partial charge in [-0.25, -0.2) is 0 Å². The first kappa shape index (κ1) is 13.5. The van der Waals surface area contributed by atoms with Crippen molar-refractivity contribution < 1.29 is 4.79 Å². The van der Waals surface area contributed by atoms with E-state index < -0.39 is 0 Å². The average molecular weight is 226 g/mol. The van der Waals surface area contributed by atoms with Gasteiger partial charge >= 0.3 is 0 Å². The zero-order chi connectivity index (χ0) is 11.8. The van der Waals surface area contributed by atoms with Crippen molar-refractivity contribution in [3.63, 3.8) is 0 Å². The number of amides is 1. The van der Waals surface area contributed by atoms with Crippen LogP contribution in [0.4, 0.5) is 0 Å². The fourth-order valence-electron chi connectivity index (χ4n) is 2.37. The third-order valence-corrected chi connectivity index (χ3v) is 3.37. The molecule has 2 atom stereocenters. The Balaban J connectivity index is 2.22. The van der Waals surface area contributed by atoms with Gasteiger partial charge in [0, 0.05) is 12.5 Å². The molecule has 94 valence electrons. The molecule has 0 aromatic heterocycles. The van der Waals surface area contributed by atoms with Crippen LogP contribution in [-0.2, 0) is 4.79 Å². The largest absolute Gasteiger partial charge is 0.353 e. The lowest BCUT2D eigenvalue weighted by atomic mass is 9.95. The first-order valence-corrected chi connectivity index (χ1v) is 6.76. The van der Waals surface area contributed by atoms with Gasteiger partial charge < -0.3 is 10.6 Å². The van der Waals surface area contributed by atoms with Crippen LogP contribution in [0, 0.1) is 5.92 Å². The molecule has 0 aromatic carbocycles. The van der Waals surface area contributed by atoms with Crippen LogP contribution in [0.1, 0.15) is 52.4 Å². The number of piperidine rings is 1. The number of rotatable bonds is 6.